The monoisotopic (exact) mass is 293 g/mol. The Morgan fingerprint density at radius 2 is 1.90 bits per heavy atom. The Morgan fingerprint density at radius 1 is 1.15 bits per heavy atom. The number of carbonyl (C=O) groups is 1. The van der Waals surface area contributed by atoms with Gasteiger partial charge in [-0.25, -0.2) is 9.18 Å². The van der Waals surface area contributed by atoms with E-state index in [0.29, 0.717) is 5.56 Å². The van der Waals surface area contributed by atoms with Crippen molar-refractivity contribution >= 4 is 17.7 Å². The van der Waals surface area contributed by atoms with Crippen LogP contribution < -0.4 is 5.32 Å². The van der Waals surface area contributed by atoms with Gasteiger partial charge in [0.1, 0.15) is 12.4 Å². The van der Waals surface area contributed by atoms with Crippen LogP contribution in [0.3, 0.4) is 0 Å². The smallest absolute Gasteiger partial charge is 0.407 e. The van der Waals surface area contributed by atoms with Crippen molar-refractivity contribution in [2.24, 2.45) is 0 Å². The van der Waals surface area contributed by atoms with Crippen molar-refractivity contribution in [1.82, 2.24) is 5.32 Å². The molecule has 2 aromatic rings. The summed E-state index contributed by atoms with van der Waals surface area (Å²) in [4.78, 5) is 11.5. The van der Waals surface area contributed by atoms with Crippen molar-refractivity contribution in [2.75, 3.05) is 0 Å². The van der Waals surface area contributed by atoms with Gasteiger partial charge in [-0.15, -0.1) is 0 Å². The normalized spacial score (nSPS) is 10.1. The Bertz CT molecular complexity index is 590. The zero-order valence-corrected chi connectivity index (χ0v) is 11.4. The third-order valence-corrected chi connectivity index (χ3v) is 3.09. The van der Waals surface area contributed by atoms with Gasteiger partial charge in [0.15, 0.2) is 0 Å². The number of amides is 1. The van der Waals surface area contributed by atoms with E-state index in [1.54, 1.807) is 6.07 Å². The van der Waals surface area contributed by atoms with E-state index >= 15 is 0 Å². The van der Waals surface area contributed by atoms with E-state index in [-0.39, 0.29) is 18.2 Å². The van der Waals surface area contributed by atoms with Crippen LogP contribution in [0.1, 0.15) is 11.1 Å². The first-order valence-electron chi connectivity index (χ1n) is 6.04. The molecule has 0 saturated heterocycles. The molecular weight excluding hydrogens is 281 g/mol. The molecule has 0 saturated carbocycles. The van der Waals surface area contributed by atoms with Gasteiger partial charge >= 0.3 is 6.09 Å². The van der Waals surface area contributed by atoms with Gasteiger partial charge in [-0.3, -0.25) is 0 Å². The molecule has 2 rings (SSSR count). The van der Waals surface area contributed by atoms with E-state index < -0.39 is 11.9 Å². The summed E-state index contributed by atoms with van der Waals surface area (Å²) in [6, 6.07) is 13.8. The van der Waals surface area contributed by atoms with Crippen LogP contribution in [0, 0.1) is 5.82 Å². The lowest BCUT2D eigenvalue weighted by Crippen LogP contribution is -2.23. The van der Waals surface area contributed by atoms with Crippen molar-refractivity contribution in [2.45, 2.75) is 13.2 Å². The molecule has 0 aliphatic carbocycles. The minimum absolute atomic E-state index is 0.0101. The number of hydrogen-bond donors (Lipinski definition) is 1. The van der Waals surface area contributed by atoms with E-state index in [1.807, 2.05) is 30.3 Å². The highest BCUT2D eigenvalue weighted by Gasteiger charge is 2.08. The lowest BCUT2D eigenvalue weighted by molar-refractivity contribution is 0.139. The average molecular weight is 294 g/mol. The lowest BCUT2D eigenvalue weighted by atomic mass is 10.2. The first kappa shape index (κ1) is 14.3. The van der Waals surface area contributed by atoms with Gasteiger partial charge in [-0.05, 0) is 17.2 Å². The van der Waals surface area contributed by atoms with E-state index in [1.165, 1.54) is 12.1 Å². The number of hydrogen-bond acceptors (Lipinski definition) is 2. The van der Waals surface area contributed by atoms with Gasteiger partial charge in [-0.2, -0.15) is 0 Å². The molecule has 5 heteroatoms. The van der Waals surface area contributed by atoms with Gasteiger partial charge in [0.2, 0.25) is 0 Å². The van der Waals surface area contributed by atoms with E-state index in [0.717, 1.165) is 5.56 Å². The van der Waals surface area contributed by atoms with Gasteiger partial charge in [-0.1, -0.05) is 54.1 Å². The van der Waals surface area contributed by atoms with Crippen LogP contribution in [0.15, 0.2) is 48.5 Å². The molecule has 20 heavy (non-hydrogen) atoms. The maximum atomic E-state index is 13.2. The third kappa shape index (κ3) is 3.96. The van der Waals surface area contributed by atoms with Crippen LogP contribution in [0.4, 0.5) is 9.18 Å². The van der Waals surface area contributed by atoms with Gasteiger partial charge < -0.3 is 10.1 Å². The van der Waals surface area contributed by atoms with Crippen molar-refractivity contribution in [3.63, 3.8) is 0 Å². The van der Waals surface area contributed by atoms with Crippen molar-refractivity contribution in [1.29, 1.82) is 0 Å². The van der Waals surface area contributed by atoms with Crippen LogP contribution in [-0.2, 0) is 17.9 Å². The fraction of sp³-hybridized carbons (Fsp3) is 0.133. The van der Waals surface area contributed by atoms with Crippen molar-refractivity contribution < 1.29 is 13.9 Å². The number of nitrogens with one attached hydrogen (secondary N) is 1. The molecule has 3 nitrogen and oxygen atoms in total. The van der Waals surface area contributed by atoms with Crippen LogP contribution in [-0.4, -0.2) is 6.09 Å². The van der Waals surface area contributed by atoms with Crippen LogP contribution in [0.25, 0.3) is 0 Å². The predicted molar refractivity (Wildman–Crippen MR) is 74.9 cm³/mol. The molecular formula is C15H13ClFNO2. The number of benzene rings is 2. The Morgan fingerprint density at radius 3 is 2.65 bits per heavy atom. The molecule has 1 N–H and O–H groups in total. The molecule has 0 atom stereocenters. The number of rotatable bonds is 4. The van der Waals surface area contributed by atoms with Gasteiger partial charge in [0, 0.05) is 6.54 Å². The maximum Gasteiger partial charge on any atom is 0.407 e. The molecule has 0 fully saturated rings. The Hall–Kier alpha value is -2.07. The minimum atomic E-state index is -0.575. The summed E-state index contributed by atoms with van der Waals surface area (Å²) in [7, 11) is 0. The third-order valence-electron chi connectivity index (χ3n) is 2.67. The number of alkyl carbamates (subject to hydrolysis) is 1. The highest BCUT2D eigenvalue weighted by Crippen LogP contribution is 2.19. The Kier molecular flexibility index (Phi) is 4.96. The average Bonchev–Trinajstić information content (AvgIpc) is 2.48. The summed E-state index contributed by atoms with van der Waals surface area (Å²) in [5, 5.41) is 2.54. The Balaban J connectivity index is 1.82. The topological polar surface area (TPSA) is 38.3 Å². The van der Waals surface area contributed by atoms with E-state index in [2.05, 4.69) is 5.32 Å². The van der Waals surface area contributed by atoms with Crippen LogP contribution in [0.2, 0.25) is 5.02 Å². The zero-order chi connectivity index (χ0) is 14.4. The summed E-state index contributed by atoms with van der Waals surface area (Å²) in [5.41, 5.74) is 1.40. The second-order valence-electron chi connectivity index (χ2n) is 4.13. The SMILES string of the molecule is O=C(NCc1cccc(F)c1Cl)OCc1ccccc1. The molecule has 0 radical (unpaired) electrons. The molecule has 0 bridgehead atoms. The second-order valence-corrected chi connectivity index (χ2v) is 4.51. The second kappa shape index (κ2) is 6.91. The molecule has 0 aliphatic heterocycles. The summed E-state index contributed by atoms with van der Waals surface area (Å²) in [6.07, 6.45) is -0.575. The minimum Gasteiger partial charge on any atom is -0.445 e. The Labute approximate surface area is 121 Å². The number of ether oxygens (including phenoxy) is 1. The van der Waals surface area contributed by atoms with Crippen molar-refractivity contribution in [3.8, 4) is 0 Å². The lowest BCUT2D eigenvalue weighted by Gasteiger charge is -2.08. The summed E-state index contributed by atoms with van der Waals surface area (Å²) >= 11 is 5.78. The molecule has 1 amide bonds. The first-order chi connectivity index (χ1) is 9.66. The quantitative estimate of drug-likeness (QED) is 0.928. The first-order valence-corrected chi connectivity index (χ1v) is 6.42. The van der Waals surface area contributed by atoms with Gasteiger partial charge in [0.05, 0.1) is 5.02 Å². The molecule has 0 aliphatic rings. The summed E-state index contributed by atoms with van der Waals surface area (Å²) in [5.74, 6) is -0.511. The van der Waals surface area contributed by atoms with Crippen LogP contribution in [0.5, 0.6) is 0 Å². The summed E-state index contributed by atoms with van der Waals surface area (Å²) < 4.78 is 18.2. The fourth-order valence-corrected chi connectivity index (χ4v) is 1.82. The summed E-state index contributed by atoms with van der Waals surface area (Å²) in [6.45, 7) is 0.299. The number of halogens is 2. The fourth-order valence-electron chi connectivity index (χ4n) is 1.63. The molecule has 0 heterocycles. The molecule has 0 unspecified atom stereocenters. The highest BCUT2D eigenvalue weighted by atomic mass is 35.5. The van der Waals surface area contributed by atoms with Crippen molar-refractivity contribution in [3.05, 3.63) is 70.5 Å². The number of carbonyl (C=O) groups excluding carboxylic acids is 1. The van der Waals surface area contributed by atoms with Crippen LogP contribution >= 0.6 is 11.6 Å². The van der Waals surface area contributed by atoms with Gasteiger partial charge in [0.25, 0.3) is 0 Å². The predicted octanol–water partition coefficient (Wildman–Crippen LogP) is 3.91. The van der Waals surface area contributed by atoms with E-state index in [9.17, 15) is 9.18 Å². The molecule has 0 spiro atoms. The van der Waals surface area contributed by atoms with E-state index in [4.69, 9.17) is 16.3 Å². The standard InChI is InChI=1S/C15H13ClFNO2/c16-14-12(7-4-8-13(14)17)9-18-15(19)20-10-11-5-2-1-3-6-11/h1-8H,9-10H2,(H,18,19). The zero-order valence-electron chi connectivity index (χ0n) is 10.6. The highest BCUT2D eigenvalue weighted by molar-refractivity contribution is 6.31. The maximum absolute atomic E-state index is 13.2. The largest absolute Gasteiger partial charge is 0.445 e. The molecule has 104 valence electrons. The molecule has 0 aromatic heterocycles. The molecule has 2 aromatic carbocycles.